The van der Waals surface area contributed by atoms with Crippen LogP contribution in [0.2, 0.25) is 5.02 Å². The molecule has 0 spiro atoms. The van der Waals surface area contributed by atoms with Gasteiger partial charge in [-0.25, -0.2) is 0 Å². The van der Waals surface area contributed by atoms with Gasteiger partial charge in [-0.2, -0.15) is 0 Å². The summed E-state index contributed by atoms with van der Waals surface area (Å²) in [5.41, 5.74) is 0.913. The Bertz CT molecular complexity index is 504. The van der Waals surface area contributed by atoms with E-state index in [1.807, 2.05) is 48.5 Å². The second-order valence-electron chi connectivity index (χ2n) is 3.71. The summed E-state index contributed by atoms with van der Waals surface area (Å²) >= 11 is 9.46. The third kappa shape index (κ3) is 3.93. The van der Waals surface area contributed by atoms with E-state index in [-0.39, 0.29) is 0 Å². The first-order valence-corrected chi connectivity index (χ1v) is 6.79. The van der Waals surface area contributed by atoms with Crippen LogP contribution < -0.4 is 10.1 Å². The minimum atomic E-state index is 0.594. The van der Waals surface area contributed by atoms with Crippen LogP contribution in [-0.2, 0) is 0 Å². The summed E-state index contributed by atoms with van der Waals surface area (Å²) in [7, 11) is 0. The van der Waals surface area contributed by atoms with Crippen molar-refractivity contribution in [2.45, 2.75) is 0 Å². The van der Waals surface area contributed by atoms with Crippen molar-refractivity contribution in [3.63, 3.8) is 0 Å². The standard InChI is InChI=1S/C14H13BrClNO/c15-11-6-7-14(13(16)10-11)17-8-9-18-12-4-2-1-3-5-12/h1-7,10,17H,8-9H2. The van der Waals surface area contributed by atoms with Crippen molar-refractivity contribution < 1.29 is 4.74 Å². The summed E-state index contributed by atoms with van der Waals surface area (Å²) in [5, 5.41) is 3.93. The van der Waals surface area contributed by atoms with Crippen LogP contribution in [0.5, 0.6) is 5.75 Å². The molecule has 94 valence electrons. The first kappa shape index (κ1) is 13.2. The third-order valence-corrected chi connectivity index (χ3v) is 3.17. The Balaban J connectivity index is 1.79. The number of ether oxygens (including phenoxy) is 1. The van der Waals surface area contributed by atoms with Crippen molar-refractivity contribution in [1.82, 2.24) is 0 Å². The van der Waals surface area contributed by atoms with E-state index >= 15 is 0 Å². The molecular formula is C14H13BrClNO. The number of halogens is 2. The van der Waals surface area contributed by atoms with Crippen LogP contribution in [0.3, 0.4) is 0 Å². The molecule has 0 aliphatic rings. The van der Waals surface area contributed by atoms with Gasteiger partial charge in [0.25, 0.3) is 0 Å². The summed E-state index contributed by atoms with van der Waals surface area (Å²) in [6, 6.07) is 15.5. The predicted molar refractivity (Wildman–Crippen MR) is 79.6 cm³/mol. The lowest BCUT2D eigenvalue weighted by Crippen LogP contribution is -2.11. The summed E-state index contributed by atoms with van der Waals surface area (Å²) in [4.78, 5) is 0. The molecule has 0 atom stereocenters. The Morgan fingerprint density at radius 3 is 2.61 bits per heavy atom. The van der Waals surface area contributed by atoms with E-state index in [2.05, 4.69) is 21.2 Å². The summed E-state index contributed by atoms with van der Waals surface area (Å²) in [6.45, 7) is 1.30. The van der Waals surface area contributed by atoms with E-state index in [1.54, 1.807) is 0 Å². The lowest BCUT2D eigenvalue weighted by molar-refractivity contribution is 0.333. The highest BCUT2D eigenvalue weighted by Gasteiger charge is 2.00. The Kier molecular flexibility index (Phi) is 4.90. The second kappa shape index (κ2) is 6.66. The summed E-state index contributed by atoms with van der Waals surface area (Å²) in [5.74, 6) is 0.876. The van der Waals surface area contributed by atoms with Gasteiger partial charge < -0.3 is 10.1 Å². The molecular weight excluding hydrogens is 314 g/mol. The highest BCUT2D eigenvalue weighted by Crippen LogP contribution is 2.25. The molecule has 0 unspecified atom stereocenters. The number of hydrogen-bond donors (Lipinski definition) is 1. The van der Waals surface area contributed by atoms with E-state index in [4.69, 9.17) is 16.3 Å². The average molecular weight is 327 g/mol. The first-order chi connectivity index (χ1) is 8.75. The quantitative estimate of drug-likeness (QED) is 0.811. The van der Waals surface area contributed by atoms with E-state index in [0.29, 0.717) is 18.2 Å². The van der Waals surface area contributed by atoms with Gasteiger partial charge >= 0.3 is 0 Å². The van der Waals surface area contributed by atoms with Crippen molar-refractivity contribution in [3.05, 3.63) is 58.0 Å². The van der Waals surface area contributed by atoms with Gasteiger partial charge in [0, 0.05) is 11.0 Å². The number of rotatable bonds is 5. The summed E-state index contributed by atoms with van der Waals surface area (Å²) < 4.78 is 6.55. The molecule has 18 heavy (non-hydrogen) atoms. The first-order valence-electron chi connectivity index (χ1n) is 5.62. The molecule has 0 saturated carbocycles. The normalized spacial score (nSPS) is 10.1. The van der Waals surface area contributed by atoms with Crippen LogP contribution in [-0.4, -0.2) is 13.2 Å². The molecule has 2 aromatic rings. The van der Waals surface area contributed by atoms with Crippen LogP contribution in [0.25, 0.3) is 0 Å². The highest BCUT2D eigenvalue weighted by molar-refractivity contribution is 9.10. The van der Waals surface area contributed by atoms with Gasteiger partial charge in [-0.15, -0.1) is 0 Å². The lowest BCUT2D eigenvalue weighted by atomic mass is 10.3. The maximum Gasteiger partial charge on any atom is 0.119 e. The van der Waals surface area contributed by atoms with Crippen molar-refractivity contribution >= 4 is 33.2 Å². The molecule has 0 bridgehead atoms. The highest BCUT2D eigenvalue weighted by atomic mass is 79.9. The van der Waals surface area contributed by atoms with Crippen molar-refractivity contribution in [3.8, 4) is 5.75 Å². The minimum absolute atomic E-state index is 0.594. The lowest BCUT2D eigenvalue weighted by Gasteiger charge is -2.10. The van der Waals surface area contributed by atoms with Crippen molar-refractivity contribution in [2.24, 2.45) is 0 Å². The molecule has 2 aromatic carbocycles. The van der Waals surface area contributed by atoms with Gasteiger partial charge in [0.2, 0.25) is 0 Å². The Hall–Kier alpha value is -1.19. The van der Waals surface area contributed by atoms with Crippen LogP contribution in [0.4, 0.5) is 5.69 Å². The number of nitrogens with one attached hydrogen (secondary N) is 1. The van der Waals surface area contributed by atoms with Gasteiger partial charge in [0.05, 0.1) is 10.7 Å². The third-order valence-electron chi connectivity index (χ3n) is 2.36. The molecule has 2 rings (SSSR count). The van der Waals surface area contributed by atoms with Crippen LogP contribution in [0, 0.1) is 0 Å². The number of benzene rings is 2. The van der Waals surface area contributed by atoms with Crippen LogP contribution >= 0.6 is 27.5 Å². The van der Waals surface area contributed by atoms with Gasteiger partial charge in [-0.3, -0.25) is 0 Å². The second-order valence-corrected chi connectivity index (χ2v) is 5.04. The SMILES string of the molecule is Clc1cc(Br)ccc1NCCOc1ccccc1. The maximum atomic E-state index is 6.09. The smallest absolute Gasteiger partial charge is 0.119 e. The zero-order valence-electron chi connectivity index (χ0n) is 9.70. The van der Waals surface area contributed by atoms with Gasteiger partial charge in [-0.1, -0.05) is 45.7 Å². The van der Waals surface area contributed by atoms with Gasteiger partial charge in [0.1, 0.15) is 12.4 Å². The van der Waals surface area contributed by atoms with E-state index < -0.39 is 0 Å². The minimum Gasteiger partial charge on any atom is -0.492 e. The molecule has 0 amide bonds. The molecule has 4 heteroatoms. The fourth-order valence-electron chi connectivity index (χ4n) is 1.50. The fourth-order valence-corrected chi connectivity index (χ4v) is 2.24. The van der Waals surface area contributed by atoms with E-state index in [9.17, 15) is 0 Å². The number of anilines is 1. The number of hydrogen-bond acceptors (Lipinski definition) is 2. The van der Waals surface area contributed by atoms with Crippen LogP contribution in [0.15, 0.2) is 53.0 Å². The fraction of sp³-hybridized carbons (Fsp3) is 0.143. The predicted octanol–water partition coefficient (Wildman–Crippen LogP) is 4.59. The van der Waals surface area contributed by atoms with E-state index in [1.165, 1.54) is 0 Å². The van der Waals surface area contributed by atoms with Gasteiger partial charge in [0.15, 0.2) is 0 Å². The molecule has 1 N–H and O–H groups in total. The van der Waals surface area contributed by atoms with Gasteiger partial charge in [-0.05, 0) is 30.3 Å². The molecule has 0 fully saturated rings. The van der Waals surface area contributed by atoms with Crippen molar-refractivity contribution in [2.75, 3.05) is 18.5 Å². The largest absolute Gasteiger partial charge is 0.492 e. The molecule has 0 aromatic heterocycles. The number of para-hydroxylation sites is 1. The van der Waals surface area contributed by atoms with Crippen LogP contribution in [0.1, 0.15) is 0 Å². The Morgan fingerprint density at radius 1 is 1.11 bits per heavy atom. The average Bonchev–Trinajstić information content (AvgIpc) is 2.38. The van der Waals surface area contributed by atoms with E-state index in [0.717, 1.165) is 15.9 Å². The molecule has 0 aliphatic heterocycles. The molecule has 0 aliphatic carbocycles. The summed E-state index contributed by atoms with van der Waals surface area (Å²) in [6.07, 6.45) is 0. The zero-order valence-corrected chi connectivity index (χ0v) is 12.0. The molecule has 0 heterocycles. The monoisotopic (exact) mass is 325 g/mol. The molecule has 0 saturated heterocycles. The van der Waals surface area contributed by atoms with Crippen molar-refractivity contribution in [1.29, 1.82) is 0 Å². The Morgan fingerprint density at radius 2 is 1.89 bits per heavy atom. The Labute approximate surface area is 120 Å². The zero-order chi connectivity index (χ0) is 12.8. The molecule has 2 nitrogen and oxygen atoms in total. The topological polar surface area (TPSA) is 21.3 Å². The molecule has 0 radical (unpaired) electrons. The maximum absolute atomic E-state index is 6.09.